The van der Waals surface area contributed by atoms with Gasteiger partial charge in [-0.15, -0.1) is 0 Å². The molecular weight excluding hydrogens is 460 g/mol. The Hall–Kier alpha value is -2.70. The quantitative estimate of drug-likeness (QED) is 0.455. The molecule has 3 aromatic rings. The third kappa shape index (κ3) is 6.68. The number of carbonyl (C=O) groups is 1. The molecule has 1 amide bonds. The van der Waals surface area contributed by atoms with E-state index in [9.17, 15) is 4.79 Å². The largest absolute Gasteiger partial charge is 0.492 e. The first-order chi connectivity index (χ1) is 14.5. The molecule has 0 unspecified atom stereocenters. The zero-order valence-corrected chi connectivity index (χ0v) is 19.1. The first-order valence-corrected chi connectivity index (χ1v) is 10.8. The van der Waals surface area contributed by atoms with E-state index in [4.69, 9.17) is 17.0 Å². The van der Waals surface area contributed by atoms with Crippen LogP contribution in [0.25, 0.3) is 0 Å². The molecular formula is C24H23BrN2O2S. The summed E-state index contributed by atoms with van der Waals surface area (Å²) in [5.74, 6) is 0.426. The van der Waals surface area contributed by atoms with Crippen LogP contribution in [0.15, 0.2) is 77.3 Å². The van der Waals surface area contributed by atoms with E-state index in [1.807, 2.05) is 49.4 Å². The van der Waals surface area contributed by atoms with E-state index < -0.39 is 0 Å². The van der Waals surface area contributed by atoms with Crippen molar-refractivity contribution in [2.24, 2.45) is 0 Å². The van der Waals surface area contributed by atoms with Crippen LogP contribution < -0.4 is 15.4 Å². The van der Waals surface area contributed by atoms with Crippen molar-refractivity contribution in [2.75, 3.05) is 6.61 Å². The molecule has 0 saturated heterocycles. The van der Waals surface area contributed by atoms with E-state index in [2.05, 4.69) is 38.7 Å². The Morgan fingerprint density at radius 2 is 1.73 bits per heavy atom. The van der Waals surface area contributed by atoms with Crippen LogP contribution in [0.3, 0.4) is 0 Å². The summed E-state index contributed by atoms with van der Waals surface area (Å²) in [7, 11) is 0. The molecule has 0 aliphatic carbocycles. The molecule has 0 saturated carbocycles. The second-order valence-electron chi connectivity index (χ2n) is 6.85. The summed E-state index contributed by atoms with van der Waals surface area (Å²) in [4.78, 5) is 12.5. The zero-order chi connectivity index (χ0) is 21.3. The van der Waals surface area contributed by atoms with E-state index >= 15 is 0 Å². The SMILES string of the molecule is Cc1ccc(CNC(=S)NC(=O)c2ccc(OCCc3ccccc3)c(Br)c2)cc1. The molecule has 0 radical (unpaired) electrons. The van der Waals surface area contributed by atoms with E-state index in [-0.39, 0.29) is 5.91 Å². The van der Waals surface area contributed by atoms with Crippen molar-refractivity contribution < 1.29 is 9.53 Å². The number of hydrogen-bond acceptors (Lipinski definition) is 3. The van der Waals surface area contributed by atoms with Crippen LogP contribution in [0.4, 0.5) is 0 Å². The van der Waals surface area contributed by atoms with E-state index in [0.29, 0.717) is 29.6 Å². The highest BCUT2D eigenvalue weighted by Crippen LogP contribution is 2.26. The number of amides is 1. The number of ether oxygens (including phenoxy) is 1. The highest BCUT2D eigenvalue weighted by atomic mass is 79.9. The van der Waals surface area contributed by atoms with Crippen LogP contribution in [0.1, 0.15) is 27.0 Å². The Balaban J connectivity index is 1.48. The van der Waals surface area contributed by atoms with Gasteiger partial charge in [0, 0.05) is 18.5 Å². The Labute approximate surface area is 190 Å². The van der Waals surface area contributed by atoms with Crippen LogP contribution in [0.5, 0.6) is 5.75 Å². The average Bonchev–Trinajstić information content (AvgIpc) is 2.75. The molecule has 3 aromatic carbocycles. The monoisotopic (exact) mass is 482 g/mol. The smallest absolute Gasteiger partial charge is 0.257 e. The number of hydrogen-bond donors (Lipinski definition) is 2. The maximum absolute atomic E-state index is 12.5. The molecule has 0 bridgehead atoms. The molecule has 0 aromatic heterocycles. The standard InChI is InChI=1S/C24H23BrN2O2S/c1-17-7-9-19(10-8-17)16-26-24(30)27-23(28)20-11-12-22(21(25)15-20)29-14-13-18-5-3-2-4-6-18/h2-12,15H,13-14,16H2,1H3,(H2,26,27,28,30). The number of aryl methyl sites for hydroxylation is 1. The normalized spacial score (nSPS) is 10.3. The number of carbonyl (C=O) groups excluding carboxylic acids is 1. The molecule has 4 nitrogen and oxygen atoms in total. The van der Waals surface area contributed by atoms with Crippen LogP contribution in [0, 0.1) is 6.92 Å². The van der Waals surface area contributed by atoms with E-state index in [0.717, 1.165) is 16.5 Å². The van der Waals surface area contributed by atoms with Gasteiger partial charge in [0.2, 0.25) is 0 Å². The molecule has 30 heavy (non-hydrogen) atoms. The summed E-state index contributed by atoms with van der Waals surface area (Å²) in [5.41, 5.74) is 4.01. The molecule has 3 rings (SSSR count). The minimum absolute atomic E-state index is 0.270. The summed E-state index contributed by atoms with van der Waals surface area (Å²) in [6, 6.07) is 23.5. The number of benzene rings is 3. The van der Waals surface area contributed by atoms with Crippen molar-refractivity contribution in [2.45, 2.75) is 19.9 Å². The minimum Gasteiger partial charge on any atom is -0.492 e. The van der Waals surface area contributed by atoms with Gasteiger partial charge in [-0.2, -0.15) is 0 Å². The average molecular weight is 483 g/mol. The second kappa shape index (κ2) is 10.9. The lowest BCUT2D eigenvalue weighted by molar-refractivity contribution is 0.0976. The fraction of sp³-hybridized carbons (Fsp3) is 0.167. The van der Waals surface area contributed by atoms with Gasteiger partial charge in [-0.3, -0.25) is 10.1 Å². The lowest BCUT2D eigenvalue weighted by Gasteiger charge is -2.12. The second-order valence-corrected chi connectivity index (χ2v) is 8.11. The third-order valence-electron chi connectivity index (χ3n) is 4.49. The maximum atomic E-state index is 12.5. The van der Waals surface area contributed by atoms with E-state index in [1.165, 1.54) is 11.1 Å². The highest BCUT2D eigenvalue weighted by Gasteiger charge is 2.11. The molecule has 0 aliphatic heterocycles. The number of nitrogens with one attached hydrogen (secondary N) is 2. The first-order valence-electron chi connectivity index (χ1n) is 9.62. The number of thiocarbonyl (C=S) groups is 1. The molecule has 154 valence electrons. The van der Waals surface area contributed by atoms with Gasteiger partial charge in [0.1, 0.15) is 5.75 Å². The Kier molecular flexibility index (Phi) is 7.99. The summed E-state index contributed by atoms with van der Waals surface area (Å²) in [6.07, 6.45) is 0.816. The van der Waals surface area contributed by atoms with Gasteiger partial charge in [0.15, 0.2) is 5.11 Å². The van der Waals surface area contributed by atoms with Crippen LogP contribution in [-0.2, 0) is 13.0 Å². The van der Waals surface area contributed by atoms with Gasteiger partial charge in [0.25, 0.3) is 5.91 Å². The van der Waals surface area contributed by atoms with Gasteiger partial charge >= 0.3 is 0 Å². The Bertz CT molecular complexity index is 1010. The number of halogens is 1. The van der Waals surface area contributed by atoms with Gasteiger partial charge in [-0.05, 0) is 64.4 Å². The van der Waals surface area contributed by atoms with Gasteiger partial charge in [-0.25, -0.2) is 0 Å². The molecule has 0 atom stereocenters. The maximum Gasteiger partial charge on any atom is 0.257 e. The first kappa shape index (κ1) is 22.0. The number of rotatable bonds is 7. The van der Waals surface area contributed by atoms with Gasteiger partial charge in [0.05, 0.1) is 11.1 Å². The molecule has 0 heterocycles. The van der Waals surface area contributed by atoms with Crippen molar-refractivity contribution in [1.29, 1.82) is 0 Å². The van der Waals surface area contributed by atoms with Crippen LogP contribution in [0.2, 0.25) is 0 Å². The lowest BCUT2D eigenvalue weighted by Crippen LogP contribution is -2.38. The topological polar surface area (TPSA) is 50.4 Å². The Morgan fingerprint density at radius 1 is 1.00 bits per heavy atom. The van der Waals surface area contributed by atoms with Crippen molar-refractivity contribution in [3.8, 4) is 5.75 Å². The zero-order valence-electron chi connectivity index (χ0n) is 16.7. The molecule has 2 N–H and O–H groups in total. The summed E-state index contributed by atoms with van der Waals surface area (Å²) < 4.78 is 6.56. The predicted molar refractivity (Wildman–Crippen MR) is 128 cm³/mol. The molecule has 0 fully saturated rings. The fourth-order valence-corrected chi connectivity index (χ4v) is 3.45. The van der Waals surface area contributed by atoms with E-state index in [1.54, 1.807) is 18.2 Å². The van der Waals surface area contributed by atoms with Gasteiger partial charge in [-0.1, -0.05) is 60.2 Å². The van der Waals surface area contributed by atoms with Crippen LogP contribution >= 0.6 is 28.1 Å². The van der Waals surface area contributed by atoms with Crippen molar-refractivity contribution >= 4 is 39.2 Å². The van der Waals surface area contributed by atoms with Crippen molar-refractivity contribution in [3.63, 3.8) is 0 Å². The van der Waals surface area contributed by atoms with Crippen molar-refractivity contribution in [3.05, 3.63) is 99.5 Å². The lowest BCUT2D eigenvalue weighted by atomic mass is 10.1. The van der Waals surface area contributed by atoms with Crippen LogP contribution in [-0.4, -0.2) is 17.6 Å². The molecule has 0 aliphatic rings. The predicted octanol–water partition coefficient (Wildman–Crippen LogP) is 5.18. The summed E-state index contributed by atoms with van der Waals surface area (Å²) in [6.45, 7) is 3.15. The Morgan fingerprint density at radius 3 is 2.43 bits per heavy atom. The summed E-state index contributed by atoms with van der Waals surface area (Å²) >= 11 is 8.72. The fourth-order valence-electron chi connectivity index (χ4n) is 2.79. The molecule has 6 heteroatoms. The minimum atomic E-state index is -0.270. The third-order valence-corrected chi connectivity index (χ3v) is 5.35. The highest BCUT2D eigenvalue weighted by molar-refractivity contribution is 9.10. The van der Waals surface area contributed by atoms with Gasteiger partial charge < -0.3 is 10.1 Å². The van der Waals surface area contributed by atoms with Crippen molar-refractivity contribution in [1.82, 2.24) is 10.6 Å². The summed E-state index contributed by atoms with van der Waals surface area (Å²) in [5, 5.41) is 6.05. The molecule has 0 spiro atoms.